The van der Waals surface area contributed by atoms with Crippen molar-refractivity contribution in [3.8, 4) is 17.0 Å². The van der Waals surface area contributed by atoms with Gasteiger partial charge in [0.2, 0.25) is 0 Å². The Labute approximate surface area is 141 Å². The van der Waals surface area contributed by atoms with Gasteiger partial charge in [0.1, 0.15) is 0 Å². The van der Waals surface area contributed by atoms with Crippen molar-refractivity contribution in [2.24, 2.45) is 0 Å². The molecular formula is C14H15ClF3N5O. The molecule has 0 atom stereocenters. The molecule has 2 aromatic rings. The van der Waals surface area contributed by atoms with Crippen LogP contribution >= 0.6 is 12.4 Å². The molecule has 2 aromatic heterocycles. The second kappa shape index (κ2) is 5.52. The maximum absolute atomic E-state index is 12.4. The normalized spacial score (nSPS) is 18.0. The van der Waals surface area contributed by atoms with Gasteiger partial charge in [-0.25, -0.2) is 4.98 Å². The molecule has 1 spiro atoms. The summed E-state index contributed by atoms with van der Waals surface area (Å²) < 4.78 is 43.1. The Kier molecular flexibility index (Phi) is 3.88. The van der Waals surface area contributed by atoms with Gasteiger partial charge in [-0.3, -0.25) is 4.68 Å². The summed E-state index contributed by atoms with van der Waals surface area (Å²) in [6, 6.07) is 3.14. The van der Waals surface area contributed by atoms with Crippen LogP contribution in [0.15, 0.2) is 18.3 Å². The molecule has 0 amide bonds. The average molecular weight is 362 g/mol. The monoisotopic (exact) mass is 361 g/mol. The number of fused-ring (bicyclic) bond motifs is 2. The number of hydrogen-bond acceptors (Lipinski definition) is 5. The third kappa shape index (κ3) is 2.67. The van der Waals surface area contributed by atoms with Crippen LogP contribution in [0.4, 0.5) is 19.0 Å². The van der Waals surface area contributed by atoms with Crippen LogP contribution in [0, 0.1) is 0 Å². The zero-order chi connectivity index (χ0) is 16.2. The van der Waals surface area contributed by atoms with Crippen molar-refractivity contribution < 1.29 is 17.9 Å². The highest BCUT2D eigenvalue weighted by Crippen LogP contribution is 2.40. The molecule has 2 aliphatic rings. The number of aryl methyl sites for hydroxylation is 1. The van der Waals surface area contributed by atoms with Gasteiger partial charge in [-0.2, -0.15) is 5.10 Å². The van der Waals surface area contributed by atoms with Crippen molar-refractivity contribution in [1.82, 2.24) is 20.1 Å². The fourth-order valence-electron chi connectivity index (χ4n) is 3.19. The van der Waals surface area contributed by atoms with E-state index in [4.69, 9.17) is 5.73 Å². The minimum Gasteiger partial charge on any atom is -0.402 e. The van der Waals surface area contributed by atoms with Crippen LogP contribution in [-0.4, -0.2) is 34.2 Å². The first kappa shape index (κ1) is 16.8. The molecule has 2 aliphatic heterocycles. The van der Waals surface area contributed by atoms with Crippen molar-refractivity contribution in [3.63, 3.8) is 0 Å². The van der Waals surface area contributed by atoms with E-state index in [0.717, 1.165) is 31.7 Å². The highest BCUT2D eigenvalue weighted by atomic mass is 35.5. The van der Waals surface area contributed by atoms with Crippen LogP contribution in [0.5, 0.6) is 5.75 Å². The number of pyridine rings is 1. The lowest BCUT2D eigenvalue weighted by Crippen LogP contribution is -2.55. The highest BCUT2D eigenvalue weighted by Gasteiger charge is 2.45. The minimum absolute atomic E-state index is 0. The fourth-order valence-corrected chi connectivity index (χ4v) is 3.19. The molecule has 0 aliphatic carbocycles. The number of nitrogens with zero attached hydrogens (tertiary/aromatic N) is 3. The van der Waals surface area contributed by atoms with Crippen molar-refractivity contribution in [1.29, 1.82) is 0 Å². The summed E-state index contributed by atoms with van der Waals surface area (Å²) in [5.74, 6) is -0.819. The smallest absolute Gasteiger partial charge is 0.402 e. The van der Waals surface area contributed by atoms with Gasteiger partial charge >= 0.3 is 6.36 Å². The van der Waals surface area contributed by atoms with Gasteiger partial charge in [-0.05, 0) is 18.6 Å². The molecule has 0 aromatic carbocycles. The van der Waals surface area contributed by atoms with Gasteiger partial charge in [-0.1, -0.05) is 0 Å². The SMILES string of the molecule is Cl.Nc1ncc(-c2cc3n(n2)CCC32CNC2)cc1OC(F)(F)F. The fraction of sp³-hybridized carbons (Fsp3) is 0.429. The molecule has 4 heterocycles. The average Bonchev–Trinajstić information content (AvgIpc) is 2.96. The largest absolute Gasteiger partial charge is 0.573 e. The molecule has 0 bridgehead atoms. The van der Waals surface area contributed by atoms with Gasteiger partial charge < -0.3 is 15.8 Å². The third-order valence-electron chi connectivity index (χ3n) is 4.46. The Bertz CT molecular complexity index is 772. The first-order valence-electron chi connectivity index (χ1n) is 7.17. The highest BCUT2D eigenvalue weighted by molar-refractivity contribution is 5.85. The summed E-state index contributed by atoms with van der Waals surface area (Å²) in [5, 5.41) is 7.74. The van der Waals surface area contributed by atoms with Crippen molar-refractivity contribution in [2.75, 3.05) is 18.8 Å². The zero-order valence-electron chi connectivity index (χ0n) is 12.4. The van der Waals surface area contributed by atoms with Crippen LogP contribution in [-0.2, 0) is 12.0 Å². The van der Waals surface area contributed by atoms with Gasteiger partial charge in [0.25, 0.3) is 0 Å². The Morgan fingerprint density at radius 3 is 2.67 bits per heavy atom. The predicted octanol–water partition coefficient (Wildman–Crippen LogP) is 2.09. The Morgan fingerprint density at radius 1 is 1.29 bits per heavy atom. The molecule has 0 radical (unpaired) electrons. The summed E-state index contributed by atoms with van der Waals surface area (Å²) in [5.41, 5.74) is 7.69. The molecule has 6 nitrogen and oxygen atoms in total. The lowest BCUT2D eigenvalue weighted by atomic mass is 9.77. The van der Waals surface area contributed by atoms with E-state index in [9.17, 15) is 13.2 Å². The molecule has 0 saturated carbocycles. The number of hydrogen-bond donors (Lipinski definition) is 2. The van der Waals surface area contributed by atoms with Gasteiger partial charge in [-0.15, -0.1) is 25.6 Å². The number of ether oxygens (including phenoxy) is 1. The van der Waals surface area contributed by atoms with Crippen LogP contribution in [0.25, 0.3) is 11.3 Å². The second-order valence-corrected chi connectivity index (χ2v) is 5.93. The van der Waals surface area contributed by atoms with Crippen molar-refractivity contribution >= 4 is 18.2 Å². The molecule has 1 saturated heterocycles. The third-order valence-corrected chi connectivity index (χ3v) is 4.46. The Hall–Kier alpha value is -2.00. The maximum Gasteiger partial charge on any atom is 0.573 e. The molecular weight excluding hydrogens is 347 g/mol. The number of alkyl halides is 3. The molecule has 0 unspecified atom stereocenters. The van der Waals surface area contributed by atoms with Crippen molar-refractivity contribution in [3.05, 3.63) is 24.0 Å². The predicted molar refractivity (Wildman–Crippen MR) is 83.0 cm³/mol. The van der Waals surface area contributed by atoms with Crippen LogP contribution in [0.1, 0.15) is 12.1 Å². The van der Waals surface area contributed by atoms with Gasteiger partial charge in [0, 0.05) is 42.5 Å². The van der Waals surface area contributed by atoms with E-state index < -0.39 is 12.1 Å². The Balaban J connectivity index is 0.00000169. The van der Waals surface area contributed by atoms with E-state index in [2.05, 4.69) is 20.1 Å². The van der Waals surface area contributed by atoms with Crippen molar-refractivity contribution in [2.45, 2.75) is 24.7 Å². The van der Waals surface area contributed by atoms with E-state index in [1.807, 2.05) is 10.7 Å². The molecule has 3 N–H and O–H groups in total. The second-order valence-electron chi connectivity index (χ2n) is 5.93. The number of nitrogens with two attached hydrogens (primary N) is 1. The maximum atomic E-state index is 12.4. The quantitative estimate of drug-likeness (QED) is 0.856. The molecule has 10 heteroatoms. The first-order chi connectivity index (χ1) is 10.9. The topological polar surface area (TPSA) is 78.0 Å². The van der Waals surface area contributed by atoms with Gasteiger partial charge in [0.05, 0.1) is 5.69 Å². The van der Waals surface area contributed by atoms with Crippen LogP contribution in [0.3, 0.4) is 0 Å². The summed E-state index contributed by atoms with van der Waals surface area (Å²) in [6.07, 6.45) is -2.38. The van der Waals surface area contributed by atoms with E-state index in [1.165, 1.54) is 12.3 Å². The molecule has 130 valence electrons. The molecule has 1 fully saturated rings. The van der Waals surface area contributed by atoms with E-state index >= 15 is 0 Å². The Morgan fingerprint density at radius 2 is 2.04 bits per heavy atom. The van der Waals surface area contributed by atoms with E-state index in [-0.39, 0.29) is 23.6 Å². The number of rotatable bonds is 2. The zero-order valence-corrected chi connectivity index (χ0v) is 13.2. The van der Waals surface area contributed by atoms with E-state index in [0.29, 0.717) is 11.3 Å². The minimum atomic E-state index is -4.81. The molecule has 24 heavy (non-hydrogen) atoms. The standard InChI is InChI=1S/C14H14F3N5O.ClH/c15-14(16,17)23-10-3-8(5-20-12(10)18)9-4-11-13(6-19-7-13)1-2-22(11)21-9;/h3-5,19H,1-2,6-7H2,(H2,18,20);1H. The number of aromatic nitrogens is 3. The summed E-state index contributed by atoms with van der Waals surface area (Å²) in [7, 11) is 0. The number of halogens is 4. The lowest BCUT2D eigenvalue weighted by Gasteiger charge is -2.38. The van der Waals surface area contributed by atoms with Crippen LogP contribution in [0.2, 0.25) is 0 Å². The number of anilines is 1. The van der Waals surface area contributed by atoms with E-state index in [1.54, 1.807) is 0 Å². The van der Waals surface area contributed by atoms with Gasteiger partial charge in [0.15, 0.2) is 11.6 Å². The van der Waals surface area contributed by atoms with Crippen LogP contribution < -0.4 is 15.8 Å². The summed E-state index contributed by atoms with van der Waals surface area (Å²) in [6.45, 7) is 2.62. The number of nitrogen functional groups attached to an aromatic ring is 1. The number of nitrogens with one attached hydrogen (secondary N) is 1. The molecule has 4 rings (SSSR count). The lowest BCUT2D eigenvalue weighted by molar-refractivity contribution is -0.274. The summed E-state index contributed by atoms with van der Waals surface area (Å²) in [4.78, 5) is 3.78. The summed E-state index contributed by atoms with van der Waals surface area (Å²) >= 11 is 0. The first-order valence-corrected chi connectivity index (χ1v) is 7.17.